The molecular weight excluding hydrogens is 280 g/mol. The first-order valence-electron chi connectivity index (χ1n) is 7.57. The normalized spacial score (nSPS) is 18.3. The van der Waals surface area contributed by atoms with Crippen molar-refractivity contribution in [2.24, 2.45) is 0 Å². The third-order valence-electron chi connectivity index (χ3n) is 4.05. The van der Waals surface area contributed by atoms with E-state index in [1.807, 2.05) is 36.4 Å². The maximum absolute atomic E-state index is 12.2. The van der Waals surface area contributed by atoms with E-state index in [4.69, 9.17) is 4.42 Å². The Morgan fingerprint density at radius 1 is 1.32 bits per heavy atom. The summed E-state index contributed by atoms with van der Waals surface area (Å²) in [5.74, 6) is 0.957. The van der Waals surface area contributed by atoms with Crippen molar-refractivity contribution in [1.82, 2.24) is 10.6 Å². The Labute approximate surface area is 129 Å². The highest BCUT2D eigenvalue weighted by Crippen LogP contribution is 2.30. The number of urea groups is 1. The minimum absolute atomic E-state index is 0.0300. The van der Waals surface area contributed by atoms with E-state index in [2.05, 4.69) is 10.6 Å². The van der Waals surface area contributed by atoms with Crippen LogP contribution in [0.4, 0.5) is 4.79 Å². The zero-order valence-corrected chi connectivity index (χ0v) is 12.3. The van der Waals surface area contributed by atoms with Crippen molar-refractivity contribution >= 4 is 6.03 Å². The number of amides is 2. The van der Waals surface area contributed by atoms with Gasteiger partial charge in [0.25, 0.3) is 0 Å². The molecule has 0 saturated carbocycles. The number of fused-ring (bicyclic) bond motifs is 1. The molecule has 0 aliphatic heterocycles. The molecule has 0 radical (unpaired) electrons. The summed E-state index contributed by atoms with van der Waals surface area (Å²) in [4.78, 5) is 12.2. The lowest BCUT2D eigenvalue weighted by Gasteiger charge is -2.24. The van der Waals surface area contributed by atoms with Gasteiger partial charge < -0.3 is 20.2 Å². The third-order valence-corrected chi connectivity index (χ3v) is 4.05. The quantitative estimate of drug-likeness (QED) is 0.812. The summed E-state index contributed by atoms with van der Waals surface area (Å²) in [5.41, 5.74) is 1.94. The predicted molar refractivity (Wildman–Crippen MR) is 82.3 cm³/mol. The Hall–Kier alpha value is -2.27. The lowest BCUT2D eigenvalue weighted by atomic mass is 9.93. The number of hydrogen-bond donors (Lipinski definition) is 3. The Balaban J connectivity index is 1.63. The van der Waals surface area contributed by atoms with E-state index in [-0.39, 0.29) is 18.7 Å². The van der Waals surface area contributed by atoms with Crippen molar-refractivity contribution in [2.75, 3.05) is 6.61 Å². The van der Waals surface area contributed by atoms with Gasteiger partial charge >= 0.3 is 6.03 Å². The average molecular weight is 300 g/mol. The molecular formula is C17H20N2O3. The van der Waals surface area contributed by atoms with Gasteiger partial charge in [0.1, 0.15) is 5.76 Å². The van der Waals surface area contributed by atoms with Gasteiger partial charge in [-0.15, -0.1) is 0 Å². The van der Waals surface area contributed by atoms with Gasteiger partial charge in [0.2, 0.25) is 0 Å². The number of carbonyl (C=O) groups is 1. The molecule has 5 nitrogen and oxygen atoms in total. The van der Waals surface area contributed by atoms with E-state index in [0.29, 0.717) is 0 Å². The number of aryl methyl sites for hydroxylation is 1. The molecule has 1 aromatic heterocycles. The molecule has 0 spiro atoms. The van der Waals surface area contributed by atoms with Gasteiger partial charge in [0.15, 0.2) is 0 Å². The molecule has 0 bridgehead atoms. The summed E-state index contributed by atoms with van der Waals surface area (Å²) in [6.07, 6.45) is 4.48. The molecule has 1 aromatic carbocycles. The fraction of sp³-hybridized carbons (Fsp3) is 0.353. The smallest absolute Gasteiger partial charge is 0.315 e. The number of aliphatic hydroxyl groups excluding tert-OH is 1. The van der Waals surface area contributed by atoms with Crippen LogP contribution in [0.1, 0.15) is 41.8 Å². The topological polar surface area (TPSA) is 74.5 Å². The fourth-order valence-electron chi connectivity index (χ4n) is 2.91. The van der Waals surface area contributed by atoms with Gasteiger partial charge in [-0.05, 0) is 24.5 Å². The Morgan fingerprint density at radius 3 is 2.91 bits per heavy atom. The summed E-state index contributed by atoms with van der Waals surface area (Å²) in [5, 5.41) is 15.3. The van der Waals surface area contributed by atoms with Gasteiger partial charge in [-0.3, -0.25) is 0 Å². The van der Waals surface area contributed by atoms with E-state index in [0.717, 1.165) is 36.1 Å². The Morgan fingerprint density at radius 2 is 2.14 bits per heavy atom. The van der Waals surface area contributed by atoms with Crippen LogP contribution in [0, 0.1) is 0 Å². The van der Waals surface area contributed by atoms with Crippen molar-refractivity contribution in [3.8, 4) is 0 Å². The molecule has 0 saturated heterocycles. The Kier molecular flexibility index (Phi) is 4.44. The molecule has 2 amide bonds. The predicted octanol–water partition coefficient (Wildman–Crippen LogP) is 2.69. The van der Waals surface area contributed by atoms with E-state index in [9.17, 15) is 9.90 Å². The number of aliphatic hydroxyl groups is 1. The molecule has 22 heavy (non-hydrogen) atoms. The molecule has 3 rings (SSSR count). The molecule has 1 heterocycles. The maximum Gasteiger partial charge on any atom is 0.315 e. The van der Waals surface area contributed by atoms with Gasteiger partial charge in [-0.2, -0.15) is 0 Å². The summed E-state index contributed by atoms with van der Waals surface area (Å²) in [7, 11) is 0. The SMILES string of the molecule is O=C(NC(CO)c1ccccc1)NC1CCCc2occc21. The van der Waals surface area contributed by atoms with Crippen molar-refractivity contribution in [1.29, 1.82) is 0 Å². The van der Waals surface area contributed by atoms with Crippen LogP contribution >= 0.6 is 0 Å². The first kappa shape index (κ1) is 14.7. The van der Waals surface area contributed by atoms with E-state index in [1.165, 1.54) is 0 Å². The summed E-state index contributed by atoms with van der Waals surface area (Å²) >= 11 is 0. The second kappa shape index (κ2) is 6.66. The number of rotatable bonds is 4. The van der Waals surface area contributed by atoms with E-state index in [1.54, 1.807) is 6.26 Å². The molecule has 1 aliphatic carbocycles. The third kappa shape index (κ3) is 3.14. The summed E-state index contributed by atoms with van der Waals surface area (Å²) in [6, 6.07) is 10.6. The Bertz CT molecular complexity index is 624. The van der Waals surface area contributed by atoms with Crippen LogP contribution in [-0.2, 0) is 6.42 Å². The fourth-order valence-corrected chi connectivity index (χ4v) is 2.91. The second-order valence-electron chi connectivity index (χ2n) is 5.51. The minimum Gasteiger partial charge on any atom is -0.469 e. The van der Waals surface area contributed by atoms with Crippen LogP contribution in [0.2, 0.25) is 0 Å². The first-order chi connectivity index (χ1) is 10.8. The van der Waals surface area contributed by atoms with Crippen molar-refractivity contribution < 1.29 is 14.3 Å². The molecule has 1 aliphatic rings. The lowest BCUT2D eigenvalue weighted by molar-refractivity contribution is 0.213. The zero-order chi connectivity index (χ0) is 15.4. The molecule has 5 heteroatoms. The van der Waals surface area contributed by atoms with Crippen molar-refractivity contribution in [3.63, 3.8) is 0 Å². The largest absolute Gasteiger partial charge is 0.469 e. The zero-order valence-electron chi connectivity index (χ0n) is 12.3. The average Bonchev–Trinajstić information content (AvgIpc) is 3.03. The van der Waals surface area contributed by atoms with Crippen LogP contribution in [0.15, 0.2) is 47.1 Å². The number of hydrogen-bond acceptors (Lipinski definition) is 3. The van der Waals surface area contributed by atoms with Crippen molar-refractivity contribution in [2.45, 2.75) is 31.3 Å². The number of benzene rings is 1. The van der Waals surface area contributed by atoms with E-state index < -0.39 is 6.04 Å². The number of furan rings is 1. The van der Waals surface area contributed by atoms with Gasteiger partial charge in [-0.1, -0.05) is 30.3 Å². The monoisotopic (exact) mass is 300 g/mol. The highest BCUT2D eigenvalue weighted by molar-refractivity contribution is 5.75. The minimum atomic E-state index is -0.409. The van der Waals surface area contributed by atoms with Gasteiger partial charge in [-0.25, -0.2) is 4.79 Å². The standard InChI is InChI=1S/C17H20N2O3/c20-11-15(12-5-2-1-3-6-12)19-17(21)18-14-7-4-8-16-13(14)9-10-22-16/h1-3,5-6,9-10,14-15,20H,4,7-8,11H2,(H2,18,19,21). The molecule has 2 unspecified atom stereocenters. The summed E-state index contributed by atoms with van der Waals surface area (Å²) < 4.78 is 5.43. The molecule has 2 atom stereocenters. The van der Waals surface area contributed by atoms with Crippen molar-refractivity contribution in [3.05, 3.63) is 59.5 Å². The second-order valence-corrected chi connectivity index (χ2v) is 5.51. The molecule has 0 fully saturated rings. The van der Waals surface area contributed by atoms with Crippen LogP contribution in [0.3, 0.4) is 0 Å². The van der Waals surface area contributed by atoms with Crippen LogP contribution < -0.4 is 10.6 Å². The van der Waals surface area contributed by atoms with Crippen LogP contribution in [0.25, 0.3) is 0 Å². The lowest BCUT2D eigenvalue weighted by Crippen LogP contribution is -2.41. The maximum atomic E-state index is 12.2. The van der Waals surface area contributed by atoms with Gasteiger partial charge in [0, 0.05) is 12.0 Å². The highest BCUT2D eigenvalue weighted by Gasteiger charge is 2.24. The molecule has 2 aromatic rings. The van der Waals surface area contributed by atoms with E-state index >= 15 is 0 Å². The summed E-state index contributed by atoms with van der Waals surface area (Å²) in [6.45, 7) is -0.140. The van der Waals surface area contributed by atoms with Gasteiger partial charge in [0.05, 0.1) is 25.0 Å². The number of carbonyl (C=O) groups excluding carboxylic acids is 1. The molecule has 3 N–H and O–H groups in total. The van der Waals surface area contributed by atoms with Crippen LogP contribution in [0.5, 0.6) is 0 Å². The molecule has 116 valence electrons. The van der Waals surface area contributed by atoms with Crippen LogP contribution in [-0.4, -0.2) is 17.7 Å². The first-order valence-corrected chi connectivity index (χ1v) is 7.57. The number of nitrogens with one attached hydrogen (secondary N) is 2. The highest BCUT2D eigenvalue weighted by atomic mass is 16.3.